The van der Waals surface area contributed by atoms with E-state index in [4.69, 9.17) is 5.11 Å². The van der Waals surface area contributed by atoms with Crippen LogP contribution in [0, 0.1) is 0 Å². The molecule has 0 saturated heterocycles. The van der Waals surface area contributed by atoms with Gasteiger partial charge in [0.25, 0.3) is 5.56 Å². The van der Waals surface area contributed by atoms with Gasteiger partial charge in [0.2, 0.25) is 0 Å². The molecule has 1 aromatic heterocycles. The van der Waals surface area contributed by atoms with Gasteiger partial charge in [-0.25, -0.2) is 4.79 Å². The minimum atomic E-state index is -1.13. The summed E-state index contributed by atoms with van der Waals surface area (Å²) in [4.78, 5) is 26.1. The zero-order valence-corrected chi connectivity index (χ0v) is 8.96. The van der Waals surface area contributed by atoms with Crippen molar-refractivity contribution in [1.82, 2.24) is 9.55 Å². The van der Waals surface area contributed by atoms with E-state index in [1.807, 2.05) is 0 Å². The molecule has 90 valence electrons. The first-order chi connectivity index (χ1) is 8.13. The lowest BCUT2D eigenvalue weighted by atomic mass is 10.2. The van der Waals surface area contributed by atoms with Crippen molar-refractivity contribution >= 4 is 10.9 Å². The molecule has 17 heavy (non-hydrogen) atoms. The molecule has 0 fully saturated rings. The first-order valence-corrected chi connectivity index (χ1v) is 5.14. The van der Waals surface area contributed by atoms with Gasteiger partial charge in [0, 0.05) is 0 Å². The maximum atomic E-state index is 12.0. The largest absolute Gasteiger partial charge is 0.394 e. The molecule has 1 unspecified atom stereocenters. The predicted octanol–water partition coefficient (Wildman–Crippen LogP) is -0.957. The SMILES string of the molecule is O=c1[nH]c2ccccc2c(=O)n1CC(O)CO. The number of hydrogen-bond acceptors (Lipinski definition) is 4. The first kappa shape index (κ1) is 11.6. The van der Waals surface area contributed by atoms with Gasteiger partial charge in [-0.05, 0) is 12.1 Å². The number of hydrogen-bond donors (Lipinski definition) is 3. The molecular weight excluding hydrogens is 224 g/mol. The molecule has 6 heteroatoms. The van der Waals surface area contributed by atoms with E-state index in [9.17, 15) is 14.7 Å². The Morgan fingerprint density at radius 3 is 2.71 bits per heavy atom. The van der Waals surface area contributed by atoms with Crippen LogP contribution in [0.25, 0.3) is 10.9 Å². The molecule has 0 spiro atoms. The maximum absolute atomic E-state index is 12.0. The van der Waals surface area contributed by atoms with Crippen LogP contribution in [0.5, 0.6) is 0 Å². The Kier molecular flexibility index (Phi) is 3.08. The van der Waals surface area contributed by atoms with Gasteiger partial charge in [0.1, 0.15) is 0 Å². The van der Waals surface area contributed by atoms with Crippen molar-refractivity contribution in [1.29, 1.82) is 0 Å². The van der Waals surface area contributed by atoms with E-state index in [2.05, 4.69) is 4.98 Å². The third-order valence-electron chi connectivity index (χ3n) is 2.49. The van der Waals surface area contributed by atoms with Crippen LogP contribution >= 0.6 is 0 Å². The Morgan fingerprint density at radius 1 is 1.29 bits per heavy atom. The fourth-order valence-corrected chi connectivity index (χ4v) is 1.63. The Balaban J connectivity index is 2.64. The van der Waals surface area contributed by atoms with Gasteiger partial charge in [-0.15, -0.1) is 0 Å². The van der Waals surface area contributed by atoms with Gasteiger partial charge in [0.15, 0.2) is 0 Å². The van der Waals surface area contributed by atoms with Gasteiger partial charge >= 0.3 is 5.69 Å². The molecule has 0 amide bonds. The van der Waals surface area contributed by atoms with Crippen molar-refractivity contribution in [3.8, 4) is 0 Å². The molecule has 2 aromatic rings. The van der Waals surface area contributed by atoms with Crippen LogP contribution in [0.3, 0.4) is 0 Å². The first-order valence-electron chi connectivity index (χ1n) is 5.14. The third-order valence-corrected chi connectivity index (χ3v) is 2.49. The number of para-hydroxylation sites is 1. The molecule has 1 aromatic carbocycles. The number of H-pyrrole nitrogens is 1. The summed E-state index contributed by atoms with van der Waals surface area (Å²) in [5.41, 5.74) is -0.615. The lowest BCUT2D eigenvalue weighted by Crippen LogP contribution is -2.39. The lowest BCUT2D eigenvalue weighted by Gasteiger charge is -2.09. The number of aliphatic hydroxyl groups is 2. The summed E-state index contributed by atoms with van der Waals surface area (Å²) in [6.45, 7) is -0.728. The van der Waals surface area contributed by atoms with E-state index in [1.54, 1.807) is 24.3 Å². The Bertz CT molecular complexity index is 644. The lowest BCUT2D eigenvalue weighted by molar-refractivity contribution is 0.0794. The Morgan fingerprint density at radius 2 is 2.00 bits per heavy atom. The summed E-state index contributed by atoms with van der Waals surface area (Å²) < 4.78 is 0.878. The highest BCUT2D eigenvalue weighted by molar-refractivity contribution is 5.76. The monoisotopic (exact) mass is 236 g/mol. The van der Waals surface area contributed by atoms with Crippen molar-refractivity contribution in [3.63, 3.8) is 0 Å². The third kappa shape index (κ3) is 2.13. The molecule has 0 bridgehead atoms. The number of benzene rings is 1. The molecule has 0 aliphatic rings. The molecule has 0 aliphatic carbocycles. The molecule has 6 nitrogen and oxygen atoms in total. The van der Waals surface area contributed by atoms with Crippen LogP contribution in [0.4, 0.5) is 0 Å². The summed E-state index contributed by atoms with van der Waals surface area (Å²) in [5.74, 6) is 0. The standard InChI is InChI=1S/C11H12N2O4/c14-6-7(15)5-13-10(16)8-3-1-2-4-9(8)12-11(13)17/h1-4,7,14-15H,5-6H2,(H,12,17). The van der Waals surface area contributed by atoms with E-state index < -0.39 is 24.0 Å². The van der Waals surface area contributed by atoms with Crippen LogP contribution < -0.4 is 11.2 Å². The topological polar surface area (TPSA) is 95.3 Å². The van der Waals surface area contributed by atoms with Crippen molar-refractivity contribution in [2.45, 2.75) is 12.6 Å². The number of aromatic amines is 1. The zero-order chi connectivity index (χ0) is 12.4. The average Bonchev–Trinajstić information content (AvgIpc) is 2.34. The molecule has 0 aliphatic heterocycles. The highest BCUT2D eigenvalue weighted by atomic mass is 16.3. The molecule has 3 N–H and O–H groups in total. The summed E-state index contributed by atoms with van der Waals surface area (Å²) >= 11 is 0. The number of fused-ring (bicyclic) bond motifs is 1. The van der Waals surface area contributed by atoms with E-state index in [-0.39, 0.29) is 6.54 Å². The highest BCUT2D eigenvalue weighted by Gasteiger charge is 2.10. The minimum absolute atomic E-state index is 0.227. The number of rotatable bonds is 3. The van der Waals surface area contributed by atoms with Crippen molar-refractivity contribution in [2.24, 2.45) is 0 Å². The fraction of sp³-hybridized carbons (Fsp3) is 0.273. The normalized spacial score (nSPS) is 12.8. The van der Waals surface area contributed by atoms with Gasteiger partial charge in [-0.3, -0.25) is 9.36 Å². The van der Waals surface area contributed by atoms with Crippen LogP contribution in [0.1, 0.15) is 0 Å². The van der Waals surface area contributed by atoms with Crippen LogP contribution in [-0.2, 0) is 6.54 Å². The quantitative estimate of drug-likeness (QED) is 0.639. The van der Waals surface area contributed by atoms with Crippen LogP contribution in [0.2, 0.25) is 0 Å². The van der Waals surface area contributed by atoms with Crippen LogP contribution in [0.15, 0.2) is 33.9 Å². The number of nitrogens with zero attached hydrogens (tertiary/aromatic N) is 1. The second kappa shape index (κ2) is 4.52. The summed E-state index contributed by atoms with van der Waals surface area (Å²) in [6, 6.07) is 6.62. The molecule has 1 heterocycles. The molecule has 0 saturated carbocycles. The molecule has 2 rings (SSSR count). The number of nitrogens with one attached hydrogen (secondary N) is 1. The Labute approximate surface area is 95.8 Å². The van der Waals surface area contributed by atoms with E-state index in [0.29, 0.717) is 10.9 Å². The maximum Gasteiger partial charge on any atom is 0.328 e. The second-order valence-corrected chi connectivity index (χ2v) is 3.73. The van der Waals surface area contributed by atoms with Crippen LogP contribution in [-0.4, -0.2) is 32.5 Å². The molecule has 1 atom stereocenters. The van der Waals surface area contributed by atoms with Gasteiger partial charge < -0.3 is 15.2 Å². The highest BCUT2D eigenvalue weighted by Crippen LogP contribution is 2.02. The Hall–Kier alpha value is -1.92. The summed E-state index contributed by atoms with van der Waals surface area (Å²) in [7, 11) is 0. The van der Waals surface area contributed by atoms with Crippen molar-refractivity contribution < 1.29 is 10.2 Å². The van der Waals surface area contributed by atoms with Crippen molar-refractivity contribution in [2.75, 3.05) is 6.61 Å². The van der Waals surface area contributed by atoms with E-state index >= 15 is 0 Å². The summed E-state index contributed by atoms with van der Waals surface area (Å²) in [5, 5.41) is 18.4. The average molecular weight is 236 g/mol. The predicted molar refractivity (Wildman–Crippen MR) is 61.9 cm³/mol. The van der Waals surface area contributed by atoms with E-state index in [1.165, 1.54) is 0 Å². The molecule has 0 radical (unpaired) electrons. The van der Waals surface area contributed by atoms with E-state index in [0.717, 1.165) is 4.57 Å². The van der Waals surface area contributed by atoms with Gasteiger partial charge in [-0.2, -0.15) is 0 Å². The van der Waals surface area contributed by atoms with Gasteiger partial charge in [0.05, 0.1) is 30.2 Å². The summed E-state index contributed by atoms with van der Waals surface area (Å²) in [6.07, 6.45) is -1.13. The minimum Gasteiger partial charge on any atom is -0.394 e. The fourth-order valence-electron chi connectivity index (χ4n) is 1.63. The number of aliphatic hydroxyl groups excluding tert-OH is 2. The number of aromatic nitrogens is 2. The van der Waals surface area contributed by atoms with Crippen molar-refractivity contribution in [3.05, 3.63) is 45.1 Å². The smallest absolute Gasteiger partial charge is 0.328 e. The zero-order valence-electron chi connectivity index (χ0n) is 8.96. The molecular formula is C11H12N2O4. The van der Waals surface area contributed by atoms with Gasteiger partial charge in [-0.1, -0.05) is 12.1 Å². The second-order valence-electron chi connectivity index (χ2n) is 3.73.